The second kappa shape index (κ2) is 3.41. The summed E-state index contributed by atoms with van der Waals surface area (Å²) in [6, 6.07) is 0. The number of hydrogen-bond donors (Lipinski definition) is 0. The van der Waals surface area contributed by atoms with Gasteiger partial charge in [-0.05, 0) is 6.42 Å². The zero-order valence-corrected chi connectivity index (χ0v) is 6.82. The van der Waals surface area contributed by atoms with Gasteiger partial charge in [0.05, 0.1) is 19.3 Å². The number of ether oxygens (including phenoxy) is 3. The summed E-state index contributed by atoms with van der Waals surface area (Å²) >= 11 is 0. The Hall–Kier alpha value is -0.610. The van der Waals surface area contributed by atoms with Gasteiger partial charge in [-0.15, -0.1) is 0 Å². The number of epoxide rings is 2. The zero-order chi connectivity index (χ0) is 8.39. The molecule has 0 N–H and O–H groups in total. The van der Waals surface area contributed by atoms with E-state index in [0.717, 1.165) is 19.6 Å². The summed E-state index contributed by atoms with van der Waals surface area (Å²) in [6.07, 6.45) is 1.75. The van der Waals surface area contributed by atoms with Crippen molar-refractivity contribution in [2.24, 2.45) is 0 Å². The first-order chi connectivity index (χ1) is 5.84. The van der Waals surface area contributed by atoms with Crippen LogP contribution < -0.4 is 0 Å². The van der Waals surface area contributed by atoms with Gasteiger partial charge in [0.15, 0.2) is 0 Å². The van der Waals surface area contributed by atoms with Gasteiger partial charge in [-0.25, -0.2) is 0 Å². The normalized spacial score (nSPS) is 31.3. The standard InChI is InChI=1S/C8H12O4/c9-8(2-1-6-3-10-6)12-5-7-4-11-7/h6-7H,1-5H2. The maximum Gasteiger partial charge on any atom is 0.305 e. The predicted molar refractivity (Wildman–Crippen MR) is 39.7 cm³/mol. The van der Waals surface area contributed by atoms with E-state index in [1.54, 1.807) is 0 Å². The molecule has 2 aliphatic heterocycles. The number of carbonyl (C=O) groups is 1. The van der Waals surface area contributed by atoms with Crippen molar-refractivity contribution in [2.45, 2.75) is 25.0 Å². The molecule has 12 heavy (non-hydrogen) atoms. The van der Waals surface area contributed by atoms with Crippen molar-refractivity contribution in [2.75, 3.05) is 19.8 Å². The topological polar surface area (TPSA) is 51.4 Å². The van der Waals surface area contributed by atoms with Crippen LogP contribution in [0.1, 0.15) is 12.8 Å². The highest BCUT2D eigenvalue weighted by molar-refractivity contribution is 5.69. The molecule has 0 amide bonds. The SMILES string of the molecule is O=C(CCC1CO1)OCC1CO1. The van der Waals surface area contributed by atoms with Crippen LogP contribution in [0.15, 0.2) is 0 Å². The molecular weight excluding hydrogens is 160 g/mol. The van der Waals surface area contributed by atoms with Crippen LogP contribution in [-0.4, -0.2) is 38.0 Å². The Bertz CT molecular complexity index is 154. The van der Waals surface area contributed by atoms with Gasteiger partial charge in [0.2, 0.25) is 0 Å². The minimum absolute atomic E-state index is 0.138. The van der Waals surface area contributed by atoms with Gasteiger partial charge in [-0.1, -0.05) is 0 Å². The largest absolute Gasteiger partial charge is 0.463 e. The lowest BCUT2D eigenvalue weighted by Gasteiger charge is -2.00. The molecule has 2 unspecified atom stereocenters. The summed E-state index contributed by atoms with van der Waals surface area (Å²) in [6.45, 7) is 1.96. The third kappa shape index (κ3) is 2.79. The summed E-state index contributed by atoms with van der Waals surface area (Å²) in [5.74, 6) is -0.138. The van der Waals surface area contributed by atoms with E-state index in [1.165, 1.54) is 0 Å². The average Bonchev–Trinajstić information content (AvgIpc) is 2.89. The maximum atomic E-state index is 11.0. The lowest BCUT2D eigenvalue weighted by Crippen LogP contribution is -2.10. The molecule has 2 rings (SSSR count). The summed E-state index contributed by atoms with van der Waals surface area (Å²) in [5.41, 5.74) is 0. The van der Waals surface area contributed by atoms with E-state index in [0.29, 0.717) is 19.1 Å². The van der Waals surface area contributed by atoms with E-state index in [-0.39, 0.29) is 12.1 Å². The molecule has 0 bridgehead atoms. The average molecular weight is 172 g/mol. The quantitative estimate of drug-likeness (QED) is 0.436. The first-order valence-electron chi connectivity index (χ1n) is 4.23. The van der Waals surface area contributed by atoms with Gasteiger partial charge in [-0.3, -0.25) is 4.79 Å². The molecule has 2 aliphatic rings. The lowest BCUT2D eigenvalue weighted by atomic mass is 10.2. The Balaban J connectivity index is 1.50. The summed E-state index contributed by atoms with van der Waals surface area (Å²) < 4.78 is 14.8. The number of esters is 1. The Labute approximate surface area is 70.8 Å². The number of hydrogen-bond acceptors (Lipinski definition) is 4. The molecule has 2 heterocycles. The lowest BCUT2D eigenvalue weighted by molar-refractivity contribution is -0.144. The number of carbonyl (C=O) groups excluding carboxylic acids is 1. The molecule has 0 saturated carbocycles. The molecule has 2 fully saturated rings. The first-order valence-corrected chi connectivity index (χ1v) is 4.23. The molecule has 68 valence electrons. The summed E-state index contributed by atoms with van der Waals surface area (Å²) in [7, 11) is 0. The molecule has 4 nitrogen and oxygen atoms in total. The minimum Gasteiger partial charge on any atom is -0.463 e. The Morgan fingerprint density at radius 2 is 2.00 bits per heavy atom. The highest BCUT2D eigenvalue weighted by Crippen LogP contribution is 2.16. The van der Waals surface area contributed by atoms with Crippen LogP contribution >= 0.6 is 0 Å². The van der Waals surface area contributed by atoms with Crippen LogP contribution in [0.4, 0.5) is 0 Å². The fraction of sp³-hybridized carbons (Fsp3) is 0.875. The van der Waals surface area contributed by atoms with Crippen LogP contribution in [0.3, 0.4) is 0 Å². The fourth-order valence-electron chi connectivity index (χ4n) is 0.936. The van der Waals surface area contributed by atoms with Gasteiger partial charge in [0, 0.05) is 6.42 Å². The first kappa shape index (κ1) is 8.01. The second-order valence-corrected chi connectivity index (χ2v) is 3.13. The maximum absolute atomic E-state index is 11.0. The third-order valence-corrected chi connectivity index (χ3v) is 1.91. The third-order valence-electron chi connectivity index (χ3n) is 1.91. The Morgan fingerprint density at radius 3 is 2.58 bits per heavy atom. The van der Waals surface area contributed by atoms with Crippen LogP contribution in [0.25, 0.3) is 0 Å². The molecule has 0 aromatic rings. The van der Waals surface area contributed by atoms with Crippen LogP contribution in [0.2, 0.25) is 0 Å². The molecule has 4 heteroatoms. The van der Waals surface area contributed by atoms with E-state index in [2.05, 4.69) is 0 Å². The molecule has 0 spiro atoms. The summed E-state index contributed by atoms with van der Waals surface area (Å²) in [5, 5.41) is 0. The van der Waals surface area contributed by atoms with E-state index in [9.17, 15) is 4.79 Å². The molecule has 2 saturated heterocycles. The van der Waals surface area contributed by atoms with Crippen molar-refractivity contribution in [3.05, 3.63) is 0 Å². The zero-order valence-electron chi connectivity index (χ0n) is 6.82. The predicted octanol–water partition coefficient (Wildman–Crippen LogP) is 0.107. The molecular formula is C8H12O4. The minimum atomic E-state index is -0.138. The molecule has 0 aliphatic carbocycles. The molecule has 0 aromatic heterocycles. The van der Waals surface area contributed by atoms with Gasteiger partial charge >= 0.3 is 5.97 Å². The van der Waals surface area contributed by atoms with Crippen molar-refractivity contribution in [1.82, 2.24) is 0 Å². The van der Waals surface area contributed by atoms with Crippen molar-refractivity contribution < 1.29 is 19.0 Å². The second-order valence-electron chi connectivity index (χ2n) is 3.13. The van der Waals surface area contributed by atoms with E-state index in [1.807, 2.05) is 0 Å². The molecule has 0 radical (unpaired) electrons. The van der Waals surface area contributed by atoms with Crippen LogP contribution in [0, 0.1) is 0 Å². The highest BCUT2D eigenvalue weighted by Gasteiger charge is 2.26. The van der Waals surface area contributed by atoms with Crippen LogP contribution in [0.5, 0.6) is 0 Å². The van der Waals surface area contributed by atoms with Crippen molar-refractivity contribution in [1.29, 1.82) is 0 Å². The number of rotatable bonds is 5. The van der Waals surface area contributed by atoms with Gasteiger partial charge in [-0.2, -0.15) is 0 Å². The van der Waals surface area contributed by atoms with E-state index < -0.39 is 0 Å². The molecule has 0 aromatic carbocycles. The fourth-order valence-corrected chi connectivity index (χ4v) is 0.936. The van der Waals surface area contributed by atoms with Crippen molar-refractivity contribution in [3.63, 3.8) is 0 Å². The smallest absolute Gasteiger partial charge is 0.305 e. The highest BCUT2D eigenvalue weighted by atomic mass is 16.6. The summed E-state index contributed by atoms with van der Waals surface area (Å²) in [4.78, 5) is 11.0. The van der Waals surface area contributed by atoms with Crippen molar-refractivity contribution >= 4 is 5.97 Å². The monoisotopic (exact) mass is 172 g/mol. The van der Waals surface area contributed by atoms with Crippen molar-refractivity contribution in [3.8, 4) is 0 Å². The Morgan fingerprint density at radius 1 is 1.33 bits per heavy atom. The van der Waals surface area contributed by atoms with E-state index in [4.69, 9.17) is 14.2 Å². The van der Waals surface area contributed by atoms with Gasteiger partial charge in [0.25, 0.3) is 0 Å². The molecule has 2 atom stereocenters. The van der Waals surface area contributed by atoms with Gasteiger partial charge < -0.3 is 14.2 Å². The Kier molecular flexibility index (Phi) is 2.28. The van der Waals surface area contributed by atoms with Gasteiger partial charge in [0.1, 0.15) is 12.7 Å². The van der Waals surface area contributed by atoms with E-state index >= 15 is 0 Å². The van der Waals surface area contributed by atoms with Crippen LogP contribution in [-0.2, 0) is 19.0 Å².